The Labute approximate surface area is 154 Å². The largest absolute Gasteiger partial charge is 0.495 e. The minimum atomic E-state index is -1.09. The molecule has 0 radical (unpaired) electrons. The molecule has 0 unspecified atom stereocenters. The highest BCUT2D eigenvalue weighted by Gasteiger charge is 2.20. The molecular weight excluding hydrogens is 364 g/mol. The smallest absolute Gasteiger partial charge is 0.326 e. The fourth-order valence-electron chi connectivity index (χ4n) is 1.95. The number of hydrogen-bond acceptors (Lipinski definition) is 6. The molecular formula is C17H17ClN2O6. The van der Waals surface area contributed by atoms with Gasteiger partial charge in [-0.05, 0) is 37.3 Å². The zero-order chi connectivity index (χ0) is 19.1. The lowest BCUT2D eigenvalue weighted by molar-refractivity contribution is -0.152. The average Bonchev–Trinajstić information content (AvgIpc) is 3.14. The molecule has 0 saturated carbocycles. The van der Waals surface area contributed by atoms with Crippen molar-refractivity contribution in [1.82, 2.24) is 5.32 Å². The Hall–Kier alpha value is -3.00. The van der Waals surface area contributed by atoms with Gasteiger partial charge in [0.2, 0.25) is 0 Å². The SMILES string of the molecule is COc1ccc(Cl)cc1NC(=O)[C@@H](C)OC(=O)CNC(=O)c1ccco1. The van der Waals surface area contributed by atoms with E-state index < -0.39 is 30.4 Å². The zero-order valence-corrected chi connectivity index (χ0v) is 14.8. The molecule has 0 aliphatic carbocycles. The molecule has 8 nitrogen and oxygen atoms in total. The number of rotatable bonds is 7. The Bertz CT molecular complexity index is 791. The third-order valence-corrected chi connectivity index (χ3v) is 3.47. The number of halogens is 1. The number of nitrogens with one attached hydrogen (secondary N) is 2. The predicted molar refractivity (Wildman–Crippen MR) is 93.2 cm³/mol. The van der Waals surface area contributed by atoms with Crippen LogP contribution < -0.4 is 15.4 Å². The highest BCUT2D eigenvalue weighted by Crippen LogP contribution is 2.27. The highest BCUT2D eigenvalue weighted by molar-refractivity contribution is 6.31. The molecule has 26 heavy (non-hydrogen) atoms. The van der Waals surface area contributed by atoms with E-state index in [2.05, 4.69) is 10.6 Å². The number of carbonyl (C=O) groups excluding carboxylic acids is 3. The Balaban J connectivity index is 1.85. The molecule has 0 spiro atoms. The average molecular weight is 381 g/mol. The van der Waals surface area contributed by atoms with Crippen LogP contribution in [0.2, 0.25) is 5.02 Å². The molecule has 2 amide bonds. The fraction of sp³-hybridized carbons (Fsp3) is 0.235. The van der Waals surface area contributed by atoms with Crippen molar-refractivity contribution in [3.05, 3.63) is 47.4 Å². The third kappa shape index (κ3) is 5.25. The fourth-order valence-corrected chi connectivity index (χ4v) is 2.12. The minimum absolute atomic E-state index is 0.0663. The van der Waals surface area contributed by atoms with Gasteiger partial charge in [0.1, 0.15) is 12.3 Å². The van der Waals surface area contributed by atoms with Crippen LogP contribution in [0.25, 0.3) is 0 Å². The van der Waals surface area contributed by atoms with Gasteiger partial charge >= 0.3 is 5.97 Å². The van der Waals surface area contributed by atoms with Gasteiger partial charge in [-0.3, -0.25) is 14.4 Å². The molecule has 0 bridgehead atoms. The maximum absolute atomic E-state index is 12.2. The summed E-state index contributed by atoms with van der Waals surface area (Å²) in [6.45, 7) is 0.996. The number of ether oxygens (including phenoxy) is 2. The first-order valence-electron chi connectivity index (χ1n) is 7.56. The summed E-state index contributed by atoms with van der Waals surface area (Å²) in [4.78, 5) is 35.6. The third-order valence-electron chi connectivity index (χ3n) is 3.24. The summed E-state index contributed by atoms with van der Waals surface area (Å²) < 4.78 is 15.0. The van der Waals surface area contributed by atoms with Crippen LogP contribution >= 0.6 is 11.6 Å². The van der Waals surface area contributed by atoms with Crippen molar-refractivity contribution in [3.8, 4) is 5.75 Å². The summed E-state index contributed by atoms with van der Waals surface area (Å²) in [5.74, 6) is -1.43. The number of esters is 1. The molecule has 2 aromatic rings. The molecule has 1 aromatic carbocycles. The van der Waals surface area contributed by atoms with Crippen LogP contribution in [0.15, 0.2) is 41.0 Å². The molecule has 0 fully saturated rings. The van der Waals surface area contributed by atoms with Crippen molar-refractivity contribution in [2.75, 3.05) is 19.0 Å². The van der Waals surface area contributed by atoms with E-state index in [1.165, 1.54) is 32.4 Å². The Morgan fingerprint density at radius 3 is 2.69 bits per heavy atom. The number of furan rings is 1. The van der Waals surface area contributed by atoms with Crippen molar-refractivity contribution in [2.24, 2.45) is 0 Å². The van der Waals surface area contributed by atoms with Gasteiger partial charge in [0.25, 0.3) is 11.8 Å². The van der Waals surface area contributed by atoms with Crippen LogP contribution in [0.5, 0.6) is 5.75 Å². The van der Waals surface area contributed by atoms with Gasteiger partial charge in [0.15, 0.2) is 11.9 Å². The van der Waals surface area contributed by atoms with Gasteiger partial charge in [0, 0.05) is 5.02 Å². The lowest BCUT2D eigenvalue weighted by Crippen LogP contribution is -2.35. The van der Waals surface area contributed by atoms with Crippen LogP contribution in [-0.2, 0) is 14.3 Å². The highest BCUT2D eigenvalue weighted by atomic mass is 35.5. The van der Waals surface area contributed by atoms with Crippen LogP contribution in [0, 0.1) is 0 Å². The quantitative estimate of drug-likeness (QED) is 0.713. The van der Waals surface area contributed by atoms with Crippen molar-refractivity contribution in [3.63, 3.8) is 0 Å². The molecule has 138 valence electrons. The molecule has 0 saturated heterocycles. The summed E-state index contributed by atoms with van der Waals surface area (Å²) in [5, 5.41) is 5.30. The maximum Gasteiger partial charge on any atom is 0.326 e. The monoisotopic (exact) mass is 380 g/mol. The Morgan fingerprint density at radius 2 is 2.04 bits per heavy atom. The number of carbonyl (C=O) groups is 3. The standard InChI is InChI=1S/C17H17ClN2O6/c1-10(16(22)20-12-8-11(18)5-6-13(12)24-2)26-15(21)9-19-17(23)14-4-3-7-25-14/h3-8,10H,9H2,1-2H3,(H,19,23)(H,20,22)/t10-/m1/s1. The van der Waals surface area contributed by atoms with Crippen molar-refractivity contribution >= 4 is 35.1 Å². The number of methoxy groups -OCH3 is 1. The predicted octanol–water partition coefficient (Wildman–Crippen LogP) is 2.24. The first kappa shape index (κ1) is 19.3. The van der Waals surface area contributed by atoms with Gasteiger partial charge in [-0.2, -0.15) is 0 Å². The summed E-state index contributed by atoms with van der Waals surface area (Å²) >= 11 is 5.89. The molecule has 2 rings (SSSR count). The summed E-state index contributed by atoms with van der Waals surface area (Å²) in [5.41, 5.74) is 0.346. The molecule has 0 aliphatic rings. The van der Waals surface area contributed by atoms with Crippen LogP contribution in [-0.4, -0.2) is 37.5 Å². The number of anilines is 1. The van der Waals surface area contributed by atoms with Gasteiger partial charge in [-0.1, -0.05) is 11.6 Å². The lowest BCUT2D eigenvalue weighted by Gasteiger charge is -2.15. The lowest BCUT2D eigenvalue weighted by atomic mass is 10.2. The zero-order valence-electron chi connectivity index (χ0n) is 14.1. The summed E-state index contributed by atoms with van der Waals surface area (Å²) in [7, 11) is 1.45. The van der Waals surface area contributed by atoms with E-state index in [4.69, 9.17) is 25.5 Å². The van der Waals surface area contributed by atoms with Crippen LogP contribution in [0.4, 0.5) is 5.69 Å². The van der Waals surface area contributed by atoms with Gasteiger partial charge in [-0.15, -0.1) is 0 Å². The first-order valence-corrected chi connectivity index (χ1v) is 7.94. The van der Waals surface area contributed by atoms with Gasteiger partial charge < -0.3 is 24.5 Å². The summed E-state index contributed by atoms with van der Waals surface area (Å²) in [6, 6.07) is 7.72. The van der Waals surface area contributed by atoms with Crippen molar-refractivity contribution < 1.29 is 28.3 Å². The van der Waals surface area contributed by atoms with E-state index in [9.17, 15) is 14.4 Å². The second-order valence-corrected chi connectivity index (χ2v) is 5.56. The van der Waals surface area contributed by atoms with Crippen LogP contribution in [0.1, 0.15) is 17.5 Å². The molecule has 0 aliphatic heterocycles. The molecule has 1 heterocycles. The molecule has 1 aromatic heterocycles. The Morgan fingerprint density at radius 1 is 1.27 bits per heavy atom. The van der Waals surface area contributed by atoms with Gasteiger partial charge in [0.05, 0.1) is 19.1 Å². The number of benzene rings is 1. The van der Waals surface area contributed by atoms with Crippen LogP contribution in [0.3, 0.4) is 0 Å². The van der Waals surface area contributed by atoms with E-state index >= 15 is 0 Å². The first-order chi connectivity index (χ1) is 12.4. The van der Waals surface area contributed by atoms with E-state index in [1.54, 1.807) is 18.2 Å². The second-order valence-electron chi connectivity index (χ2n) is 5.13. The normalized spacial score (nSPS) is 11.3. The minimum Gasteiger partial charge on any atom is -0.495 e. The van der Waals surface area contributed by atoms with E-state index in [0.29, 0.717) is 16.5 Å². The Kier molecular flexibility index (Phi) is 6.62. The number of hydrogen-bond donors (Lipinski definition) is 2. The molecule has 1 atom stereocenters. The molecule has 9 heteroatoms. The van der Waals surface area contributed by atoms with Gasteiger partial charge in [-0.25, -0.2) is 0 Å². The second kappa shape index (κ2) is 8.91. The van der Waals surface area contributed by atoms with E-state index in [1.807, 2.05) is 0 Å². The summed E-state index contributed by atoms with van der Waals surface area (Å²) in [6.07, 6.45) is 0.246. The topological polar surface area (TPSA) is 107 Å². The van der Waals surface area contributed by atoms with Crippen molar-refractivity contribution in [2.45, 2.75) is 13.0 Å². The molecule has 2 N–H and O–H groups in total. The van der Waals surface area contributed by atoms with E-state index in [0.717, 1.165) is 0 Å². The van der Waals surface area contributed by atoms with E-state index in [-0.39, 0.29) is 5.76 Å². The van der Waals surface area contributed by atoms with Crippen molar-refractivity contribution in [1.29, 1.82) is 0 Å². The maximum atomic E-state index is 12.2. The number of amides is 2.